The molecule has 6 nitrogen and oxygen atoms in total. The highest BCUT2D eigenvalue weighted by molar-refractivity contribution is 6.61. The molecule has 8 atom stereocenters. The number of benzene rings is 1. The lowest BCUT2D eigenvalue weighted by Crippen LogP contribution is -2.50. The molecule has 1 saturated carbocycles. The maximum absolute atomic E-state index is 13.1. The predicted molar refractivity (Wildman–Crippen MR) is 172 cm³/mol. The van der Waals surface area contributed by atoms with Crippen molar-refractivity contribution in [2.45, 2.75) is 123 Å². The number of allylic oxidation sites excluding steroid dienone is 3. The molecule has 1 aromatic rings. The maximum atomic E-state index is 13.1. The van der Waals surface area contributed by atoms with E-state index in [1.165, 1.54) is 24.8 Å². The molecule has 3 aliphatic carbocycles. The van der Waals surface area contributed by atoms with Crippen molar-refractivity contribution in [1.29, 1.82) is 0 Å². The molecule has 8 unspecified atom stereocenters. The third kappa shape index (κ3) is 8.42. The van der Waals surface area contributed by atoms with Crippen molar-refractivity contribution in [2.24, 2.45) is 29.6 Å². The van der Waals surface area contributed by atoms with Crippen LogP contribution in [-0.2, 0) is 23.6 Å². The SMILES string of the molecule is CCC(C)C(=O)OC1CC(C)C=C2C=CC(C)C(CCC3CC(CC(=O)NC4CCCCC4)OB(c4ccccc4)O3)C21. The number of esters is 1. The van der Waals surface area contributed by atoms with Crippen LogP contribution in [0.3, 0.4) is 0 Å². The van der Waals surface area contributed by atoms with Crippen LogP contribution in [0.1, 0.15) is 98.3 Å². The Balaban J connectivity index is 1.28. The van der Waals surface area contributed by atoms with Crippen LogP contribution in [0, 0.1) is 29.6 Å². The number of amides is 1. The molecule has 1 aromatic carbocycles. The Kier molecular flexibility index (Phi) is 11.2. The Morgan fingerprint density at radius 1 is 1.02 bits per heavy atom. The summed E-state index contributed by atoms with van der Waals surface area (Å²) < 4.78 is 19.2. The average molecular weight is 590 g/mol. The lowest BCUT2D eigenvalue weighted by molar-refractivity contribution is -0.158. The number of hydrogen-bond acceptors (Lipinski definition) is 5. The van der Waals surface area contributed by atoms with Crippen LogP contribution >= 0.6 is 0 Å². The molecule has 7 heteroatoms. The molecule has 43 heavy (non-hydrogen) atoms. The smallest absolute Gasteiger partial charge is 0.461 e. The summed E-state index contributed by atoms with van der Waals surface area (Å²) in [6.07, 6.45) is 17.1. The number of nitrogens with one attached hydrogen (secondary N) is 1. The minimum absolute atomic E-state index is 0.0133. The van der Waals surface area contributed by atoms with Gasteiger partial charge in [-0.2, -0.15) is 0 Å². The lowest BCUT2D eigenvalue weighted by atomic mass is 9.65. The van der Waals surface area contributed by atoms with Crippen molar-refractivity contribution in [3.05, 3.63) is 54.1 Å². The summed E-state index contributed by atoms with van der Waals surface area (Å²) in [5, 5.41) is 3.28. The first-order chi connectivity index (χ1) is 20.8. The number of carbonyl (C=O) groups excluding carboxylic acids is 2. The quantitative estimate of drug-likeness (QED) is 0.248. The Morgan fingerprint density at radius 2 is 1.77 bits per heavy atom. The summed E-state index contributed by atoms with van der Waals surface area (Å²) in [7, 11) is -0.480. The second-order valence-electron chi connectivity index (χ2n) is 13.8. The standard InChI is InChI=1S/C36H52BNO5/c1-5-25(3)36(40)41-33-21-24(2)20-27-17-16-26(4)32(35(27)33)19-18-30-22-31(23-34(39)38-29-14-10-7-11-15-29)43-37(42-30)28-12-8-6-9-13-28/h6,8-9,12-13,16-17,20,24-26,29-33,35H,5,7,10-11,14-15,18-19,21-23H2,1-4H3,(H,38,39). The third-order valence-corrected chi connectivity index (χ3v) is 10.3. The molecule has 0 spiro atoms. The minimum atomic E-state index is -0.480. The van der Waals surface area contributed by atoms with Crippen molar-refractivity contribution in [1.82, 2.24) is 5.32 Å². The third-order valence-electron chi connectivity index (χ3n) is 10.3. The highest BCUT2D eigenvalue weighted by Crippen LogP contribution is 2.45. The van der Waals surface area contributed by atoms with Crippen LogP contribution in [0.5, 0.6) is 0 Å². The van der Waals surface area contributed by atoms with Crippen LogP contribution in [0.15, 0.2) is 54.1 Å². The summed E-state index contributed by atoms with van der Waals surface area (Å²) in [6.45, 7) is 8.51. The fourth-order valence-electron chi connectivity index (χ4n) is 7.64. The topological polar surface area (TPSA) is 73.9 Å². The first-order valence-electron chi connectivity index (χ1n) is 17.1. The Morgan fingerprint density at radius 3 is 2.51 bits per heavy atom. The number of fused-ring (bicyclic) bond motifs is 1. The van der Waals surface area contributed by atoms with Crippen LogP contribution in [0.25, 0.3) is 0 Å². The van der Waals surface area contributed by atoms with E-state index in [1.54, 1.807) is 0 Å². The maximum Gasteiger partial charge on any atom is 0.494 e. The zero-order valence-corrected chi connectivity index (χ0v) is 26.7. The van der Waals surface area contributed by atoms with Crippen LogP contribution in [-0.4, -0.2) is 43.3 Å². The van der Waals surface area contributed by atoms with Crippen LogP contribution in [0.4, 0.5) is 0 Å². The van der Waals surface area contributed by atoms with E-state index in [2.05, 4.69) is 37.4 Å². The first kappa shape index (κ1) is 32.0. The van der Waals surface area contributed by atoms with Crippen LogP contribution in [0.2, 0.25) is 0 Å². The molecule has 2 fully saturated rings. The van der Waals surface area contributed by atoms with Gasteiger partial charge in [0.25, 0.3) is 0 Å². The van der Waals surface area contributed by atoms with E-state index in [1.807, 2.05) is 44.2 Å². The molecule has 5 rings (SSSR count). The monoisotopic (exact) mass is 589 g/mol. The zero-order chi connectivity index (χ0) is 30.3. The summed E-state index contributed by atoms with van der Waals surface area (Å²) in [6, 6.07) is 10.4. The minimum Gasteiger partial charge on any atom is -0.461 e. The summed E-state index contributed by atoms with van der Waals surface area (Å²) in [5.74, 6) is 1.24. The van der Waals surface area contributed by atoms with Gasteiger partial charge in [0.1, 0.15) is 6.10 Å². The normalized spacial score (nSPS) is 32.0. The zero-order valence-electron chi connectivity index (χ0n) is 26.7. The second kappa shape index (κ2) is 15.1. The van der Waals surface area contributed by atoms with E-state index in [0.29, 0.717) is 36.6 Å². The molecular formula is C36H52BNO5. The summed E-state index contributed by atoms with van der Waals surface area (Å²) in [5.41, 5.74) is 2.30. The van der Waals surface area contributed by atoms with Gasteiger partial charge in [-0.15, -0.1) is 0 Å². The highest BCUT2D eigenvalue weighted by Gasteiger charge is 2.43. The van der Waals surface area contributed by atoms with Gasteiger partial charge >= 0.3 is 13.1 Å². The van der Waals surface area contributed by atoms with E-state index in [4.69, 9.17) is 14.0 Å². The predicted octanol–water partition coefficient (Wildman–Crippen LogP) is 6.54. The van der Waals surface area contributed by atoms with Gasteiger partial charge < -0.3 is 19.4 Å². The van der Waals surface area contributed by atoms with E-state index in [0.717, 1.165) is 44.0 Å². The molecule has 1 amide bonds. The number of carbonyl (C=O) groups is 2. The fourth-order valence-corrected chi connectivity index (χ4v) is 7.64. The Labute approximate surface area is 259 Å². The molecular weight excluding hydrogens is 537 g/mol. The van der Waals surface area contributed by atoms with Crippen molar-refractivity contribution in [3.8, 4) is 0 Å². The first-order valence-corrected chi connectivity index (χ1v) is 17.1. The van der Waals surface area contributed by atoms with Gasteiger partial charge in [-0.1, -0.05) is 95.5 Å². The van der Waals surface area contributed by atoms with Gasteiger partial charge in [0, 0.05) is 18.1 Å². The largest absolute Gasteiger partial charge is 0.494 e. The van der Waals surface area contributed by atoms with Gasteiger partial charge in [-0.05, 0) is 73.7 Å². The molecule has 1 N–H and O–H groups in total. The number of ether oxygens (including phenoxy) is 1. The molecule has 0 aromatic heterocycles. The second-order valence-corrected chi connectivity index (χ2v) is 13.8. The van der Waals surface area contributed by atoms with E-state index in [9.17, 15) is 9.59 Å². The van der Waals surface area contributed by atoms with Gasteiger partial charge in [0.05, 0.1) is 18.4 Å². The van der Waals surface area contributed by atoms with Gasteiger partial charge in [0.2, 0.25) is 5.91 Å². The number of hydrogen-bond donors (Lipinski definition) is 1. The van der Waals surface area contributed by atoms with Gasteiger partial charge in [-0.25, -0.2) is 0 Å². The van der Waals surface area contributed by atoms with E-state index >= 15 is 0 Å². The summed E-state index contributed by atoms with van der Waals surface area (Å²) in [4.78, 5) is 26.0. The molecule has 4 aliphatic rings. The van der Waals surface area contributed by atoms with Crippen molar-refractivity contribution >= 4 is 24.5 Å². The van der Waals surface area contributed by atoms with E-state index in [-0.39, 0.29) is 42.0 Å². The van der Waals surface area contributed by atoms with Crippen molar-refractivity contribution in [3.63, 3.8) is 0 Å². The van der Waals surface area contributed by atoms with Crippen LogP contribution < -0.4 is 10.8 Å². The van der Waals surface area contributed by atoms with Crippen molar-refractivity contribution < 1.29 is 23.6 Å². The molecule has 1 aliphatic heterocycles. The Hall–Kier alpha value is -2.38. The highest BCUT2D eigenvalue weighted by atomic mass is 16.6. The molecule has 1 heterocycles. The average Bonchev–Trinajstić information content (AvgIpc) is 3.01. The molecule has 234 valence electrons. The molecule has 0 bridgehead atoms. The van der Waals surface area contributed by atoms with E-state index < -0.39 is 7.12 Å². The summed E-state index contributed by atoms with van der Waals surface area (Å²) >= 11 is 0. The molecule has 0 radical (unpaired) electrons. The van der Waals surface area contributed by atoms with Gasteiger partial charge in [-0.3, -0.25) is 9.59 Å². The van der Waals surface area contributed by atoms with Crippen molar-refractivity contribution in [2.75, 3.05) is 0 Å². The molecule has 1 saturated heterocycles. The fraction of sp³-hybridized carbons (Fsp3) is 0.667. The Bertz CT molecular complexity index is 1130. The number of rotatable bonds is 10. The lowest BCUT2D eigenvalue weighted by Gasteiger charge is -2.44. The van der Waals surface area contributed by atoms with Gasteiger partial charge in [0.15, 0.2) is 0 Å².